The van der Waals surface area contributed by atoms with Gasteiger partial charge in [-0.15, -0.1) is 0 Å². The van der Waals surface area contributed by atoms with E-state index in [-0.39, 0.29) is 0 Å². The fourth-order valence-corrected chi connectivity index (χ4v) is 1.67. The highest BCUT2D eigenvalue weighted by molar-refractivity contribution is 5.32. The summed E-state index contributed by atoms with van der Waals surface area (Å²) in [7, 11) is 1.65. The third-order valence-corrected chi connectivity index (χ3v) is 2.77. The van der Waals surface area contributed by atoms with Crippen molar-refractivity contribution >= 4 is 0 Å². The van der Waals surface area contributed by atoms with E-state index < -0.39 is 0 Å². The van der Waals surface area contributed by atoms with Crippen molar-refractivity contribution in [2.45, 2.75) is 19.8 Å². The number of benzene rings is 1. The summed E-state index contributed by atoms with van der Waals surface area (Å²) in [6.07, 6.45) is 2.53. The van der Waals surface area contributed by atoms with Crippen LogP contribution in [-0.4, -0.2) is 40.0 Å². The zero-order chi connectivity index (χ0) is 13.8. The molecule has 0 aromatic heterocycles. The molecule has 0 saturated carbocycles. The lowest BCUT2D eigenvalue weighted by molar-refractivity contribution is -0.656. The number of methoxy groups -OCH3 is 1. The summed E-state index contributed by atoms with van der Waals surface area (Å²) in [5, 5.41) is 2.30. The molecule has 4 nitrogen and oxygen atoms in total. The van der Waals surface area contributed by atoms with Crippen LogP contribution in [0.15, 0.2) is 24.3 Å². The van der Waals surface area contributed by atoms with Gasteiger partial charge in [-0.2, -0.15) is 0 Å². The van der Waals surface area contributed by atoms with E-state index in [4.69, 9.17) is 14.2 Å². The van der Waals surface area contributed by atoms with Crippen molar-refractivity contribution in [1.82, 2.24) is 0 Å². The van der Waals surface area contributed by atoms with Crippen molar-refractivity contribution in [2.75, 3.05) is 40.0 Å². The summed E-state index contributed by atoms with van der Waals surface area (Å²) in [6, 6.07) is 7.60. The molecule has 0 aliphatic heterocycles. The number of quaternary nitrogens is 1. The first kappa shape index (κ1) is 15.8. The topological polar surface area (TPSA) is 44.3 Å². The highest BCUT2D eigenvalue weighted by Gasteiger charge is 1.97. The Morgan fingerprint density at radius 1 is 1.05 bits per heavy atom. The maximum atomic E-state index is 5.58. The minimum absolute atomic E-state index is 0.572. The van der Waals surface area contributed by atoms with Crippen molar-refractivity contribution < 1.29 is 19.5 Å². The molecule has 19 heavy (non-hydrogen) atoms. The molecule has 0 amide bonds. The Bertz CT molecular complexity index is 331. The lowest BCUT2D eigenvalue weighted by Crippen LogP contribution is -2.85. The van der Waals surface area contributed by atoms with Gasteiger partial charge >= 0.3 is 0 Å². The van der Waals surface area contributed by atoms with E-state index in [0.29, 0.717) is 13.2 Å². The lowest BCUT2D eigenvalue weighted by Gasteiger charge is -2.08. The van der Waals surface area contributed by atoms with Crippen LogP contribution in [0.2, 0.25) is 0 Å². The van der Waals surface area contributed by atoms with Gasteiger partial charge < -0.3 is 19.5 Å². The van der Waals surface area contributed by atoms with Crippen LogP contribution in [-0.2, 0) is 4.74 Å². The summed E-state index contributed by atoms with van der Waals surface area (Å²) in [5.41, 5.74) is 0. The quantitative estimate of drug-likeness (QED) is 0.618. The molecule has 0 saturated heterocycles. The Morgan fingerprint density at radius 2 is 1.89 bits per heavy atom. The molecule has 4 heteroatoms. The maximum Gasteiger partial charge on any atom is 0.123 e. The van der Waals surface area contributed by atoms with E-state index in [2.05, 4.69) is 12.2 Å². The van der Waals surface area contributed by atoms with Crippen molar-refractivity contribution in [3.05, 3.63) is 24.3 Å². The fraction of sp³-hybridized carbons (Fsp3) is 0.600. The van der Waals surface area contributed by atoms with Crippen molar-refractivity contribution in [1.29, 1.82) is 0 Å². The Labute approximate surface area is 116 Å². The molecule has 1 aromatic rings. The molecule has 108 valence electrons. The first-order valence-electron chi connectivity index (χ1n) is 7.03. The number of ether oxygens (including phenoxy) is 3. The van der Waals surface area contributed by atoms with Gasteiger partial charge in [0.1, 0.15) is 18.1 Å². The average Bonchev–Trinajstić information content (AvgIpc) is 2.46. The number of hydrogen-bond donors (Lipinski definition) is 1. The largest absolute Gasteiger partial charge is 0.497 e. The van der Waals surface area contributed by atoms with Gasteiger partial charge in [0, 0.05) is 6.07 Å². The van der Waals surface area contributed by atoms with Crippen molar-refractivity contribution in [3.63, 3.8) is 0 Å². The summed E-state index contributed by atoms with van der Waals surface area (Å²) >= 11 is 0. The minimum Gasteiger partial charge on any atom is -0.497 e. The molecule has 0 atom stereocenters. The van der Waals surface area contributed by atoms with Gasteiger partial charge in [0.15, 0.2) is 0 Å². The number of rotatable bonds is 11. The van der Waals surface area contributed by atoms with Crippen molar-refractivity contribution in [2.24, 2.45) is 0 Å². The first-order valence-corrected chi connectivity index (χ1v) is 7.03. The molecule has 0 aliphatic rings. The number of nitrogens with two attached hydrogens (primary N) is 1. The molecule has 0 fully saturated rings. The van der Waals surface area contributed by atoms with Gasteiger partial charge in [0.05, 0.1) is 33.4 Å². The van der Waals surface area contributed by atoms with E-state index in [9.17, 15) is 0 Å². The van der Waals surface area contributed by atoms with Gasteiger partial charge in [-0.25, -0.2) is 0 Å². The highest BCUT2D eigenvalue weighted by atomic mass is 16.5. The predicted molar refractivity (Wildman–Crippen MR) is 75.9 cm³/mol. The lowest BCUT2D eigenvalue weighted by atomic mass is 10.3. The molecule has 1 aromatic carbocycles. The summed E-state index contributed by atoms with van der Waals surface area (Å²) in [6.45, 7) is 6.41. The Balaban J connectivity index is 1.98. The van der Waals surface area contributed by atoms with E-state index >= 15 is 0 Å². The second-order valence-electron chi connectivity index (χ2n) is 4.36. The van der Waals surface area contributed by atoms with E-state index in [0.717, 1.165) is 24.7 Å². The molecule has 1 rings (SSSR count). The Hall–Kier alpha value is -1.26. The van der Waals surface area contributed by atoms with Crippen LogP contribution in [0.3, 0.4) is 0 Å². The molecule has 0 heterocycles. The van der Waals surface area contributed by atoms with Gasteiger partial charge in [0.2, 0.25) is 0 Å². The second-order valence-corrected chi connectivity index (χ2v) is 4.36. The average molecular weight is 268 g/mol. The molecule has 0 bridgehead atoms. The van der Waals surface area contributed by atoms with E-state index in [1.807, 2.05) is 24.3 Å². The normalized spacial score (nSPS) is 10.4. The SMILES string of the molecule is CCCC[NH2+]CCOCCOc1cccc(OC)c1. The zero-order valence-corrected chi connectivity index (χ0v) is 12.1. The fourth-order valence-electron chi connectivity index (χ4n) is 1.67. The molecular weight excluding hydrogens is 242 g/mol. The van der Waals surface area contributed by atoms with Crippen LogP contribution in [0.25, 0.3) is 0 Å². The highest BCUT2D eigenvalue weighted by Crippen LogP contribution is 2.18. The molecule has 0 aliphatic carbocycles. The smallest absolute Gasteiger partial charge is 0.123 e. The van der Waals surface area contributed by atoms with Crippen LogP contribution in [0, 0.1) is 0 Å². The minimum atomic E-state index is 0.572. The molecule has 0 spiro atoms. The Kier molecular flexibility index (Phi) is 8.85. The van der Waals surface area contributed by atoms with Crippen LogP contribution in [0.1, 0.15) is 19.8 Å². The van der Waals surface area contributed by atoms with Gasteiger partial charge in [0.25, 0.3) is 0 Å². The first-order chi connectivity index (χ1) is 9.36. The van der Waals surface area contributed by atoms with Crippen LogP contribution in [0.4, 0.5) is 0 Å². The standard InChI is InChI=1S/C15H25NO3/c1-3-4-8-16-9-10-18-11-12-19-15-7-5-6-14(13-15)17-2/h5-7,13,16H,3-4,8-12H2,1-2H3/p+1. The third kappa shape index (κ3) is 7.70. The summed E-state index contributed by atoms with van der Waals surface area (Å²) in [5.74, 6) is 1.63. The monoisotopic (exact) mass is 268 g/mol. The van der Waals surface area contributed by atoms with Crippen LogP contribution in [0.5, 0.6) is 11.5 Å². The molecule has 0 radical (unpaired) electrons. The van der Waals surface area contributed by atoms with E-state index in [1.165, 1.54) is 19.4 Å². The maximum absolute atomic E-state index is 5.58. The number of unbranched alkanes of at least 4 members (excludes halogenated alkanes) is 1. The second kappa shape index (κ2) is 10.6. The van der Waals surface area contributed by atoms with Gasteiger partial charge in [-0.05, 0) is 18.6 Å². The van der Waals surface area contributed by atoms with Crippen LogP contribution >= 0.6 is 0 Å². The Morgan fingerprint density at radius 3 is 2.68 bits per heavy atom. The summed E-state index contributed by atoms with van der Waals surface area (Å²) < 4.78 is 16.2. The molecule has 0 unspecified atom stereocenters. The molecular formula is C15H26NO3+. The zero-order valence-electron chi connectivity index (χ0n) is 12.1. The van der Waals surface area contributed by atoms with Gasteiger partial charge in [-0.1, -0.05) is 19.4 Å². The number of hydrogen-bond acceptors (Lipinski definition) is 3. The van der Waals surface area contributed by atoms with Crippen molar-refractivity contribution in [3.8, 4) is 11.5 Å². The molecule has 2 N–H and O–H groups in total. The van der Waals surface area contributed by atoms with Gasteiger partial charge in [-0.3, -0.25) is 0 Å². The van der Waals surface area contributed by atoms with E-state index in [1.54, 1.807) is 7.11 Å². The van der Waals surface area contributed by atoms with Crippen LogP contribution < -0.4 is 14.8 Å². The summed E-state index contributed by atoms with van der Waals surface area (Å²) in [4.78, 5) is 0. The predicted octanol–water partition coefficient (Wildman–Crippen LogP) is 1.45. The third-order valence-electron chi connectivity index (χ3n) is 2.77.